The van der Waals surface area contributed by atoms with E-state index in [4.69, 9.17) is 0 Å². The summed E-state index contributed by atoms with van der Waals surface area (Å²) in [5.74, 6) is 0.367. The largest absolute Gasteiger partial charge is 0.234 e. The molecule has 0 unspecified atom stereocenters. The molecule has 2 heteroatoms. The summed E-state index contributed by atoms with van der Waals surface area (Å²) < 4.78 is 0. The Hall–Kier alpha value is -1.14. The molecule has 0 heterocycles. The summed E-state index contributed by atoms with van der Waals surface area (Å²) >= 11 is 0. The van der Waals surface area contributed by atoms with Gasteiger partial charge in [0, 0.05) is 0 Å². The highest BCUT2D eigenvalue weighted by Crippen LogP contribution is 2.09. The van der Waals surface area contributed by atoms with Crippen molar-refractivity contribution in [2.45, 2.75) is 12.8 Å². The summed E-state index contributed by atoms with van der Waals surface area (Å²) in [5, 5.41) is 0. The molecule has 0 bridgehead atoms. The molecule has 0 atom stereocenters. The van der Waals surface area contributed by atoms with Gasteiger partial charge in [0.05, 0.1) is 6.54 Å². The summed E-state index contributed by atoms with van der Waals surface area (Å²) in [6, 6.07) is 0. The zero-order valence-electron chi connectivity index (χ0n) is 6.62. The Balaban J connectivity index is 3.75. The Bertz CT molecular complexity index is 158. The molecule has 0 fully saturated rings. The van der Waals surface area contributed by atoms with Crippen molar-refractivity contribution in [3.63, 3.8) is 0 Å². The molecule has 0 saturated carbocycles. The predicted molar refractivity (Wildman–Crippen MR) is 46.1 cm³/mol. The molecule has 0 aliphatic rings. The Morgan fingerprint density at radius 2 is 1.91 bits per heavy atom. The second kappa shape index (κ2) is 6.97. The van der Waals surface area contributed by atoms with E-state index in [1.807, 2.05) is 12.2 Å². The first-order chi connectivity index (χ1) is 5.35. The van der Waals surface area contributed by atoms with Gasteiger partial charge in [-0.05, 0) is 18.8 Å². The number of carbonyl (C=O) groups excluding carboxylic acids is 1. The number of hydrogen-bond acceptors (Lipinski definition) is 2. The normalized spacial score (nSPS) is 8.82. The van der Waals surface area contributed by atoms with Crippen LogP contribution in [0, 0.1) is 5.92 Å². The molecule has 0 amide bonds. The van der Waals surface area contributed by atoms with Crippen LogP contribution in [0.5, 0.6) is 0 Å². The summed E-state index contributed by atoms with van der Waals surface area (Å²) in [4.78, 5) is 13.3. The van der Waals surface area contributed by atoms with Crippen molar-refractivity contribution in [2.75, 3.05) is 6.54 Å². The first-order valence-corrected chi connectivity index (χ1v) is 3.60. The van der Waals surface area contributed by atoms with Crippen molar-refractivity contribution in [2.24, 2.45) is 10.9 Å². The SMILES string of the molecule is C=CCC(CC=C)CN=C=O. The number of allylic oxidation sites excluding steroid dienone is 2. The van der Waals surface area contributed by atoms with E-state index in [-0.39, 0.29) is 0 Å². The van der Waals surface area contributed by atoms with Crippen LogP contribution < -0.4 is 0 Å². The van der Waals surface area contributed by atoms with Gasteiger partial charge in [-0.15, -0.1) is 13.2 Å². The van der Waals surface area contributed by atoms with E-state index < -0.39 is 0 Å². The summed E-state index contributed by atoms with van der Waals surface area (Å²) in [6.07, 6.45) is 6.92. The minimum Gasteiger partial charge on any atom is -0.211 e. The van der Waals surface area contributed by atoms with E-state index in [1.54, 1.807) is 0 Å². The second-order valence-electron chi connectivity index (χ2n) is 2.35. The first kappa shape index (κ1) is 9.86. The van der Waals surface area contributed by atoms with Crippen molar-refractivity contribution < 1.29 is 4.79 Å². The van der Waals surface area contributed by atoms with Gasteiger partial charge >= 0.3 is 0 Å². The second-order valence-corrected chi connectivity index (χ2v) is 2.35. The van der Waals surface area contributed by atoms with Gasteiger partial charge in [-0.3, -0.25) is 0 Å². The van der Waals surface area contributed by atoms with Crippen LogP contribution in [0.15, 0.2) is 30.3 Å². The lowest BCUT2D eigenvalue weighted by atomic mass is 10.0. The van der Waals surface area contributed by atoms with E-state index in [2.05, 4.69) is 18.2 Å². The Labute approximate surface area is 67.3 Å². The molecule has 0 rings (SSSR count). The lowest BCUT2D eigenvalue weighted by molar-refractivity contribution is 0.537. The maximum atomic E-state index is 9.77. The Kier molecular flexibility index (Phi) is 6.25. The monoisotopic (exact) mass is 151 g/mol. The smallest absolute Gasteiger partial charge is 0.211 e. The zero-order valence-corrected chi connectivity index (χ0v) is 6.62. The van der Waals surface area contributed by atoms with Gasteiger partial charge < -0.3 is 0 Å². The standard InChI is InChI=1S/C9H13NO/c1-3-5-9(6-4-2)7-10-8-11/h3-4,9H,1-2,5-7H2. The molecular formula is C9H13NO. The van der Waals surface area contributed by atoms with Gasteiger partial charge in [-0.25, -0.2) is 9.79 Å². The van der Waals surface area contributed by atoms with Gasteiger partial charge in [0.1, 0.15) is 0 Å². The Morgan fingerprint density at radius 3 is 2.27 bits per heavy atom. The number of rotatable bonds is 6. The predicted octanol–water partition coefficient (Wildman–Crippen LogP) is 2.09. The quantitative estimate of drug-likeness (QED) is 0.324. The van der Waals surface area contributed by atoms with Crippen LogP contribution in [-0.4, -0.2) is 12.6 Å². The van der Waals surface area contributed by atoms with Crippen LogP contribution in [-0.2, 0) is 4.79 Å². The Morgan fingerprint density at radius 1 is 1.36 bits per heavy atom. The summed E-state index contributed by atoms with van der Waals surface area (Å²) in [5.41, 5.74) is 0. The third kappa shape index (κ3) is 5.31. The third-order valence-electron chi connectivity index (χ3n) is 1.41. The van der Waals surface area contributed by atoms with Crippen molar-refractivity contribution in [3.8, 4) is 0 Å². The van der Waals surface area contributed by atoms with Gasteiger partial charge in [-0.2, -0.15) is 0 Å². The van der Waals surface area contributed by atoms with Crippen LogP contribution >= 0.6 is 0 Å². The fourth-order valence-electron chi connectivity index (χ4n) is 0.883. The molecule has 0 N–H and O–H groups in total. The maximum absolute atomic E-state index is 9.77. The third-order valence-corrected chi connectivity index (χ3v) is 1.41. The highest BCUT2D eigenvalue weighted by Gasteiger charge is 2.02. The van der Waals surface area contributed by atoms with Crippen molar-refractivity contribution >= 4 is 6.08 Å². The highest BCUT2D eigenvalue weighted by molar-refractivity contribution is 5.32. The van der Waals surface area contributed by atoms with Crippen LogP contribution in [0.25, 0.3) is 0 Å². The molecule has 60 valence electrons. The first-order valence-electron chi connectivity index (χ1n) is 3.60. The topological polar surface area (TPSA) is 29.4 Å². The molecule has 0 aromatic carbocycles. The minimum atomic E-state index is 0.367. The van der Waals surface area contributed by atoms with E-state index in [0.717, 1.165) is 12.8 Å². The summed E-state index contributed by atoms with van der Waals surface area (Å²) in [7, 11) is 0. The van der Waals surface area contributed by atoms with Gasteiger partial charge in [0.15, 0.2) is 0 Å². The van der Waals surface area contributed by atoms with E-state index in [0.29, 0.717) is 12.5 Å². The number of isocyanates is 1. The molecule has 0 saturated heterocycles. The molecule has 0 radical (unpaired) electrons. The number of aliphatic imine (C=N–C) groups is 1. The van der Waals surface area contributed by atoms with Crippen molar-refractivity contribution in [3.05, 3.63) is 25.3 Å². The van der Waals surface area contributed by atoms with Crippen molar-refractivity contribution in [1.82, 2.24) is 0 Å². The summed E-state index contributed by atoms with van der Waals surface area (Å²) in [6.45, 7) is 7.76. The molecule has 0 aliphatic heterocycles. The van der Waals surface area contributed by atoms with Crippen LogP contribution in [0.3, 0.4) is 0 Å². The lowest BCUT2D eigenvalue weighted by Gasteiger charge is -2.06. The van der Waals surface area contributed by atoms with Gasteiger partial charge in [-0.1, -0.05) is 12.2 Å². The maximum Gasteiger partial charge on any atom is 0.234 e. The van der Waals surface area contributed by atoms with E-state index in [1.165, 1.54) is 6.08 Å². The fourth-order valence-corrected chi connectivity index (χ4v) is 0.883. The van der Waals surface area contributed by atoms with E-state index in [9.17, 15) is 4.79 Å². The van der Waals surface area contributed by atoms with Gasteiger partial charge in [0.2, 0.25) is 6.08 Å². The molecule has 2 nitrogen and oxygen atoms in total. The highest BCUT2D eigenvalue weighted by atomic mass is 16.1. The molecular weight excluding hydrogens is 138 g/mol. The molecule has 0 aliphatic carbocycles. The average Bonchev–Trinajstić information content (AvgIpc) is 2.01. The fraction of sp³-hybridized carbons (Fsp3) is 0.444. The van der Waals surface area contributed by atoms with Crippen LogP contribution in [0.2, 0.25) is 0 Å². The molecule has 0 spiro atoms. The van der Waals surface area contributed by atoms with Gasteiger partial charge in [0.25, 0.3) is 0 Å². The molecule has 0 aromatic heterocycles. The number of nitrogens with zero attached hydrogens (tertiary/aromatic N) is 1. The average molecular weight is 151 g/mol. The zero-order chi connectivity index (χ0) is 8.53. The number of hydrogen-bond donors (Lipinski definition) is 0. The van der Waals surface area contributed by atoms with Crippen LogP contribution in [0.1, 0.15) is 12.8 Å². The molecule has 11 heavy (non-hydrogen) atoms. The molecule has 0 aromatic rings. The lowest BCUT2D eigenvalue weighted by Crippen LogP contribution is -2.01. The minimum absolute atomic E-state index is 0.367. The van der Waals surface area contributed by atoms with E-state index >= 15 is 0 Å². The van der Waals surface area contributed by atoms with Crippen molar-refractivity contribution in [1.29, 1.82) is 0 Å². The van der Waals surface area contributed by atoms with Crippen LogP contribution in [0.4, 0.5) is 0 Å².